The summed E-state index contributed by atoms with van der Waals surface area (Å²) < 4.78 is 19.0. The van der Waals surface area contributed by atoms with Crippen LogP contribution >= 0.6 is 0 Å². The maximum Gasteiger partial charge on any atom is 0.124 e. The number of benzene rings is 2. The molecule has 0 spiro atoms. The average Bonchev–Trinajstić information content (AvgIpc) is 2.49. The Morgan fingerprint density at radius 2 is 1.86 bits per heavy atom. The number of hydrogen-bond acceptors (Lipinski definition) is 2. The van der Waals surface area contributed by atoms with E-state index in [9.17, 15) is 4.39 Å². The Hall–Kier alpha value is -1.87. The first-order valence-corrected chi connectivity index (χ1v) is 7.38. The Bertz CT molecular complexity index is 554. The van der Waals surface area contributed by atoms with Crippen LogP contribution in [0.3, 0.4) is 0 Å². The molecule has 0 bridgehead atoms. The van der Waals surface area contributed by atoms with Gasteiger partial charge in [-0.1, -0.05) is 30.3 Å². The Morgan fingerprint density at radius 3 is 2.57 bits per heavy atom. The van der Waals surface area contributed by atoms with Crippen molar-refractivity contribution in [1.82, 2.24) is 0 Å². The molecule has 3 heteroatoms. The summed E-state index contributed by atoms with van der Waals surface area (Å²) in [6, 6.07) is 14.7. The number of aryl methyl sites for hydroxylation is 1. The second kappa shape index (κ2) is 7.79. The van der Waals surface area contributed by atoms with Crippen LogP contribution in [0.25, 0.3) is 0 Å². The molecule has 0 aliphatic rings. The molecule has 0 saturated heterocycles. The molecule has 112 valence electrons. The van der Waals surface area contributed by atoms with Crippen molar-refractivity contribution in [3.63, 3.8) is 0 Å². The molecule has 21 heavy (non-hydrogen) atoms. The van der Waals surface area contributed by atoms with Gasteiger partial charge in [0.2, 0.25) is 0 Å². The Balaban J connectivity index is 1.78. The van der Waals surface area contributed by atoms with Gasteiger partial charge < -0.3 is 10.5 Å². The third-order valence-corrected chi connectivity index (χ3v) is 3.42. The molecule has 2 N–H and O–H groups in total. The van der Waals surface area contributed by atoms with Gasteiger partial charge in [-0.2, -0.15) is 0 Å². The second-order valence-electron chi connectivity index (χ2n) is 5.26. The van der Waals surface area contributed by atoms with Gasteiger partial charge in [0.15, 0.2) is 0 Å². The maximum absolute atomic E-state index is 13.2. The zero-order valence-electron chi connectivity index (χ0n) is 12.4. The molecule has 0 heterocycles. The zero-order chi connectivity index (χ0) is 15.1. The summed E-state index contributed by atoms with van der Waals surface area (Å²) in [5.41, 5.74) is 7.91. The molecule has 0 aliphatic heterocycles. The van der Waals surface area contributed by atoms with Crippen LogP contribution in [0.5, 0.6) is 5.75 Å². The van der Waals surface area contributed by atoms with Gasteiger partial charge in [0.05, 0.1) is 6.61 Å². The van der Waals surface area contributed by atoms with Crippen molar-refractivity contribution in [2.75, 3.05) is 6.61 Å². The van der Waals surface area contributed by atoms with Crippen molar-refractivity contribution in [2.24, 2.45) is 5.73 Å². The largest absolute Gasteiger partial charge is 0.493 e. The first-order valence-electron chi connectivity index (χ1n) is 7.38. The number of nitrogens with two attached hydrogens (primary N) is 1. The third-order valence-electron chi connectivity index (χ3n) is 3.42. The highest BCUT2D eigenvalue weighted by atomic mass is 19.1. The summed E-state index contributed by atoms with van der Waals surface area (Å²) in [5.74, 6) is 0.407. The van der Waals surface area contributed by atoms with Gasteiger partial charge in [-0.25, -0.2) is 4.39 Å². The highest BCUT2D eigenvalue weighted by Gasteiger charge is 2.09. The highest BCUT2D eigenvalue weighted by Crippen LogP contribution is 2.25. The van der Waals surface area contributed by atoms with Crippen LogP contribution in [0.1, 0.15) is 36.9 Å². The Morgan fingerprint density at radius 1 is 1.10 bits per heavy atom. The van der Waals surface area contributed by atoms with Crippen molar-refractivity contribution >= 4 is 0 Å². The van der Waals surface area contributed by atoms with E-state index in [1.165, 1.54) is 17.7 Å². The third kappa shape index (κ3) is 4.87. The lowest BCUT2D eigenvalue weighted by Gasteiger charge is -2.14. The van der Waals surface area contributed by atoms with Crippen molar-refractivity contribution in [3.8, 4) is 5.75 Å². The van der Waals surface area contributed by atoms with Crippen LogP contribution in [-0.2, 0) is 6.42 Å². The van der Waals surface area contributed by atoms with Crippen LogP contribution in [0, 0.1) is 5.82 Å². The predicted molar refractivity (Wildman–Crippen MR) is 83.9 cm³/mol. The number of halogens is 1. The normalized spacial score (nSPS) is 12.1. The molecular weight excluding hydrogens is 265 g/mol. The van der Waals surface area contributed by atoms with Crippen LogP contribution in [0.4, 0.5) is 4.39 Å². The average molecular weight is 287 g/mol. The molecule has 2 rings (SSSR count). The molecule has 0 radical (unpaired) electrons. The number of unbranched alkanes of at least 4 members (excludes halogenated alkanes) is 1. The second-order valence-corrected chi connectivity index (χ2v) is 5.26. The fraction of sp³-hybridized carbons (Fsp3) is 0.333. The molecule has 0 aromatic heterocycles. The van der Waals surface area contributed by atoms with E-state index in [-0.39, 0.29) is 11.9 Å². The number of rotatable bonds is 7. The molecule has 0 amide bonds. The minimum atomic E-state index is -0.279. The molecule has 2 nitrogen and oxygen atoms in total. The smallest absolute Gasteiger partial charge is 0.124 e. The Kier molecular flexibility index (Phi) is 5.76. The van der Waals surface area contributed by atoms with E-state index in [0.717, 1.165) is 24.8 Å². The van der Waals surface area contributed by atoms with Gasteiger partial charge >= 0.3 is 0 Å². The highest BCUT2D eigenvalue weighted by molar-refractivity contribution is 5.36. The molecule has 2 aromatic rings. The SMILES string of the molecule is C[C@H](N)c1cc(F)ccc1OCCCCc1ccccc1. The summed E-state index contributed by atoms with van der Waals surface area (Å²) >= 11 is 0. The Labute approximate surface area is 125 Å². The zero-order valence-corrected chi connectivity index (χ0v) is 12.4. The van der Waals surface area contributed by atoms with Gasteiger partial charge in [-0.15, -0.1) is 0 Å². The quantitative estimate of drug-likeness (QED) is 0.773. The molecule has 0 fully saturated rings. The van der Waals surface area contributed by atoms with Gasteiger partial charge in [-0.05, 0) is 49.9 Å². The minimum Gasteiger partial charge on any atom is -0.493 e. The first kappa shape index (κ1) is 15.5. The molecule has 2 aromatic carbocycles. The maximum atomic E-state index is 13.2. The van der Waals surface area contributed by atoms with E-state index < -0.39 is 0 Å². The van der Waals surface area contributed by atoms with Crippen LogP contribution < -0.4 is 10.5 Å². The minimum absolute atomic E-state index is 0.236. The van der Waals surface area contributed by atoms with Gasteiger partial charge in [-0.3, -0.25) is 0 Å². The van der Waals surface area contributed by atoms with E-state index in [1.807, 2.05) is 13.0 Å². The summed E-state index contributed by atoms with van der Waals surface area (Å²) in [6.45, 7) is 2.45. The van der Waals surface area contributed by atoms with E-state index >= 15 is 0 Å². The van der Waals surface area contributed by atoms with Crippen molar-refractivity contribution in [3.05, 3.63) is 65.5 Å². The number of ether oxygens (including phenoxy) is 1. The van der Waals surface area contributed by atoms with E-state index in [0.29, 0.717) is 12.4 Å². The van der Waals surface area contributed by atoms with E-state index in [2.05, 4.69) is 24.3 Å². The summed E-state index contributed by atoms with van der Waals surface area (Å²) in [4.78, 5) is 0. The van der Waals surface area contributed by atoms with Gasteiger partial charge in [0.25, 0.3) is 0 Å². The van der Waals surface area contributed by atoms with Crippen LogP contribution in [0.2, 0.25) is 0 Å². The van der Waals surface area contributed by atoms with Gasteiger partial charge in [0.1, 0.15) is 11.6 Å². The predicted octanol–water partition coefficient (Wildman–Crippen LogP) is 4.25. The fourth-order valence-electron chi connectivity index (χ4n) is 2.26. The number of hydrogen-bond donors (Lipinski definition) is 1. The molecule has 0 saturated carbocycles. The lowest BCUT2D eigenvalue weighted by molar-refractivity contribution is 0.302. The summed E-state index contributed by atoms with van der Waals surface area (Å²) in [5, 5.41) is 0. The molecule has 0 aliphatic carbocycles. The summed E-state index contributed by atoms with van der Waals surface area (Å²) in [6.07, 6.45) is 3.08. The topological polar surface area (TPSA) is 35.2 Å². The van der Waals surface area contributed by atoms with E-state index in [1.54, 1.807) is 6.07 Å². The van der Waals surface area contributed by atoms with Crippen molar-refractivity contribution in [2.45, 2.75) is 32.2 Å². The van der Waals surface area contributed by atoms with Crippen molar-refractivity contribution in [1.29, 1.82) is 0 Å². The van der Waals surface area contributed by atoms with Crippen molar-refractivity contribution < 1.29 is 9.13 Å². The lowest BCUT2D eigenvalue weighted by Crippen LogP contribution is -2.09. The summed E-state index contributed by atoms with van der Waals surface area (Å²) in [7, 11) is 0. The van der Waals surface area contributed by atoms with E-state index in [4.69, 9.17) is 10.5 Å². The fourth-order valence-corrected chi connectivity index (χ4v) is 2.26. The molecular formula is C18H22FNO. The first-order chi connectivity index (χ1) is 10.2. The standard InChI is InChI=1S/C18H22FNO/c1-14(20)17-13-16(19)10-11-18(17)21-12-6-5-9-15-7-3-2-4-8-15/h2-4,7-8,10-11,13-14H,5-6,9,12,20H2,1H3/t14-/m0/s1. The van der Waals surface area contributed by atoms with Crippen LogP contribution in [0.15, 0.2) is 48.5 Å². The molecule has 1 atom stereocenters. The lowest BCUT2D eigenvalue weighted by atomic mass is 10.1. The molecule has 0 unspecified atom stereocenters. The van der Waals surface area contributed by atoms with Gasteiger partial charge in [0, 0.05) is 11.6 Å². The monoisotopic (exact) mass is 287 g/mol. The van der Waals surface area contributed by atoms with Crippen LogP contribution in [-0.4, -0.2) is 6.61 Å².